The lowest BCUT2D eigenvalue weighted by molar-refractivity contribution is 0.220. The molecule has 4 heteroatoms. The number of hydrogen-bond acceptors (Lipinski definition) is 2. The third-order valence-electron chi connectivity index (χ3n) is 5.14. The van der Waals surface area contributed by atoms with E-state index in [4.69, 9.17) is 16.6 Å². The number of halogens is 1. The molecule has 0 amide bonds. The molecule has 0 saturated carbocycles. The van der Waals surface area contributed by atoms with Gasteiger partial charge in [-0.25, -0.2) is 4.98 Å². The zero-order valence-electron chi connectivity index (χ0n) is 14.5. The van der Waals surface area contributed by atoms with Crippen molar-refractivity contribution < 1.29 is 0 Å². The number of piperidine rings is 1. The molecule has 1 aliphatic heterocycles. The highest BCUT2D eigenvalue weighted by Gasteiger charge is 2.15. The lowest BCUT2D eigenvalue weighted by Gasteiger charge is -2.27. The summed E-state index contributed by atoms with van der Waals surface area (Å²) in [6.45, 7) is 4.30. The Morgan fingerprint density at radius 2 is 1.52 bits per heavy atom. The topological polar surface area (TPSA) is 21.1 Å². The fourth-order valence-electron chi connectivity index (χ4n) is 3.80. The second-order valence-corrected chi connectivity index (χ2v) is 7.11. The number of rotatable bonds is 5. The summed E-state index contributed by atoms with van der Waals surface area (Å²) >= 11 is 6.17. The van der Waals surface area contributed by atoms with Crippen molar-refractivity contribution in [2.45, 2.75) is 38.2 Å². The fourth-order valence-corrected chi connectivity index (χ4v) is 4.00. The Morgan fingerprint density at radius 3 is 2.28 bits per heavy atom. The van der Waals surface area contributed by atoms with Gasteiger partial charge in [0.15, 0.2) is 0 Å². The Bertz CT molecular complexity index is 849. The van der Waals surface area contributed by atoms with Gasteiger partial charge in [0, 0.05) is 13.1 Å². The van der Waals surface area contributed by atoms with Crippen molar-refractivity contribution in [3.63, 3.8) is 0 Å². The van der Waals surface area contributed by atoms with Crippen LogP contribution in [0.15, 0.2) is 48.5 Å². The van der Waals surface area contributed by atoms with E-state index in [9.17, 15) is 0 Å². The smallest absolute Gasteiger partial charge is 0.125 e. The second kappa shape index (κ2) is 7.59. The molecule has 3 aromatic rings. The molecule has 0 aliphatic carbocycles. The number of hydrogen-bond donors (Lipinski definition) is 0. The minimum atomic E-state index is 0.434. The van der Waals surface area contributed by atoms with Gasteiger partial charge in [0.1, 0.15) is 5.82 Å². The van der Waals surface area contributed by atoms with Gasteiger partial charge in [0.25, 0.3) is 0 Å². The summed E-state index contributed by atoms with van der Waals surface area (Å²) in [6.07, 6.45) is 4.02. The molecular weight excluding hydrogens is 330 g/mol. The summed E-state index contributed by atoms with van der Waals surface area (Å²) in [6, 6.07) is 17.1. The van der Waals surface area contributed by atoms with Crippen LogP contribution < -0.4 is 0 Å². The van der Waals surface area contributed by atoms with Gasteiger partial charge >= 0.3 is 0 Å². The Labute approximate surface area is 154 Å². The first-order valence-corrected chi connectivity index (χ1v) is 9.68. The van der Waals surface area contributed by atoms with Crippen LogP contribution in [-0.4, -0.2) is 27.5 Å². The van der Waals surface area contributed by atoms with Crippen molar-refractivity contribution in [2.24, 2.45) is 0 Å². The number of nitrogens with zero attached hydrogens (tertiary/aromatic N) is 3. The van der Waals surface area contributed by atoms with E-state index in [0.717, 1.165) is 29.9 Å². The number of likely N-dealkylation sites (tertiary alicyclic amines) is 1. The van der Waals surface area contributed by atoms with Crippen LogP contribution in [0.3, 0.4) is 0 Å². The highest BCUT2D eigenvalue weighted by atomic mass is 35.5. The van der Waals surface area contributed by atoms with Gasteiger partial charge in [-0.1, -0.05) is 42.8 Å². The van der Waals surface area contributed by atoms with E-state index in [1.807, 2.05) is 6.07 Å². The molecule has 1 saturated heterocycles. The first kappa shape index (κ1) is 16.6. The van der Waals surface area contributed by atoms with E-state index in [2.05, 4.69) is 51.9 Å². The van der Waals surface area contributed by atoms with Crippen LogP contribution in [0.5, 0.6) is 0 Å². The van der Waals surface area contributed by atoms with Crippen LogP contribution in [0.1, 0.15) is 36.2 Å². The minimum Gasteiger partial charge on any atom is -0.322 e. The number of imidazole rings is 1. The Kier molecular flexibility index (Phi) is 5.04. The lowest BCUT2D eigenvalue weighted by Crippen LogP contribution is -2.29. The number of para-hydroxylation sites is 2. The molecular formula is C21H24ClN3. The van der Waals surface area contributed by atoms with Crippen molar-refractivity contribution in [3.8, 4) is 0 Å². The van der Waals surface area contributed by atoms with Crippen LogP contribution in [0.2, 0.25) is 0 Å². The largest absolute Gasteiger partial charge is 0.322 e. The second-order valence-electron chi connectivity index (χ2n) is 6.84. The molecule has 0 unspecified atom stereocenters. The van der Waals surface area contributed by atoms with Gasteiger partial charge in [-0.2, -0.15) is 0 Å². The Morgan fingerprint density at radius 1 is 0.840 bits per heavy atom. The van der Waals surface area contributed by atoms with Crippen LogP contribution in [0.25, 0.3) is 11.0 Å². The van der Waals surface area contributed by atoms with E-state index in [1.54, 1.807) is 0 Å². The maximum absolute atomic E-state index is 6.17. The fraction of sp³-hybridized carbons (Fsp3) is 0.381. The maximum atomic E-state index is 6.17. The summed E-state index contributed by atoms with van der Waals surface area (Å²) < 4.78 is 2.26. The summed E-state index contributed by atoms with van der Waals surface area (Å²) in [5, 5.41) is 0. The maximum Gasteiger partial charge on any atom is 0.125 e. The molecule has 0 N–H and O–H groups in total. The highest BCUT2D eigenvalue weighted by Crippen LogP contribution is 2.22. The number of alkyl halides is 1. The molecule has 130 valence electrons. The summed E-state index contributed by atoms with van der Waals surface area (Å²) in [5.74, 6) is 1.37. The molecule has 0 spiro atoms. The minimum absolute atomic E-state index is 0.434. The Balaban J connectivity index is 1.65. The normalized spacial score (nSPS) is 15.7. The van der Waals surface area contributed by atoms with Crippen molar-refractivity contribution in [1.82, 2.24) is 14.5 Å². The lowest BCUT2D eigenvalue weighted by atomic mass is 10.0. The Hall–Kier alpha value is -1.84. The van der Waals surface area contributed by atoms with Gasteiger partial charge in [0.05, 0.1) is 16.9 Å². The molecule has 2 aromatic carbocycles. The first-order chi connectivity index (χ1) is 12.3. The number of fused-ring (bicyclic) bond motifs is 1. The van der Waals surface area contributed by atoms with Gasteiger partial charge in [0.2, 0.25) is 0 Å². The zero-order valence-corrected chi connectivity index (χ0v) is 15.3. The molecule has 0 bridgehead atoms. The summed E-state index contributed by atoms with van der Waals surface area (Å²) in [4.78, 5) is 7.27. The molecule has 0 radical (unpaired) electrons. The quantitative estimate of drug-likeness (QED) is 0.614. The molecule has 1 fully saturated rings. The van der Waals surface area contributed by atoms with Crippen LogP contribution in [-0.2, 0) is 19.0 Å². The van der Waals surface area contributed by atoms with Crippen molar-refractivity contribution >= 4 is 22.6 Å². The third-order valence-corrected chi connectivity index (χ3v) is 5.38. The molecule has 1 aromatic heterocycles. The first-order valence-electron chi connectivity index (χ1n) is 9.14. The van der Waals surface area contributed by atoms with E-state index >= 15 is 0 Å². The third kappa shape index (κ3) is 3.58. The number of benzene rings is 2. The van der Waals surface area contributed by atoms with E-state index < -0.39 is 0 Å². The molecule has 4 rings (SSSR count). The predicted octanol–water partition coefficient (Wildman–Crippen LogP) is 4.81. The number of aromatic nitrogens is 2. The van der Waals surface area contributed by atoms with Gasteiger partial charge in [-0.15, -0.1) is 11.6 Å². The van der Waals surface area contributed by atoms with E-state index in [0.29, 0.717) is 5.88 Å². The molecule has 25 heavy (non-hydrogen) atoms. The average molecular weight is 354 g/mol. The van der Waals surface area contributed by atoms with Gasteiger partial charge < -0.3 is 4.57 Å². The zero-order chi connectivity index (χ0) is 17.1. The van der Waals surface area contributed by atoms with Crippen LogP contribution in [0, 0.1) is 0 Å². The van der Waals surface area contributed by atoms with E-state index in [1.165, 1.54) is 43.5 Å². The highest BCUT2D eigenvalue weighted by molar-refractivity contribution is 6.16. The average Bonchev–Trinajstić information content (AvgIpc) is 3.02. The molecule has 3 nitrogen and oxygen atoms in total. The summed E-state index contributed by atoms with van der Waals surface area (Å²) in [7, 11) is 0. The standard InChI is InChI=1S/C21H24ClN3/c22-14-21-23-19-10-4-5-11-20(19)25(21)16-18-9-3-2-8-17(18)15-24-12-6-1-7-13-24/h2-5,8-11H,1,6-7,12-16H2. The predicted molar refractivity (Wildman–Crippen MR) is 104 cm³/mol. The van der Waals surface area contributed by atoms with Crippen molar-refractivity contribution in [1.29, 1.82) is 0 Å². The van der Waals surface area contributed by atoms with Gasteiger partial charge in [-0.05, 0) is 49.2 Å². The SMILES string of the molecule is ClCc1nc2ccccc2n1Cc1ccccc1CN1CCCCC1. The van der Waals surface area contributed by atoms with Crippen molar-refractivity contribution in [3.05, 3.63) is 65.5 Å². The summed E-state index contributed by atoms with van der Waals surface area (Å²) in [5.41, 5.74) is 4.96. The molecule has 0 atom stereocenters. The van der Waals surface area contributed by atoms with Crippen molar-refractivity contribution in [2.75, 3.05) is 13.1 Å². The van der Waals surface area contributed by atoms with E-state index in [-0.39, 0.29) is 0 Å². The van der Waals surface area contributed by atoms with Crippen LogP contribution >= 0.6 is 11.6 Å². The van der Waals surface area contributed by atoms with Gasteiger partial charge in [-0.3, -0.25) is 4.90 Å². The monoisotopic (exact) mass is 353 g/mol. The molecule has 2 heterocycles. The van der Waals surface area contributed by atoms with Crippen LogP contribution in [0.4, 0.5) is 0 Å². The molecule has 1 aliphatic rings.